The van der Waals surface area contributed by atoms with Crippen molar-refractivity contribution in [2.24, 2.45) is 0 Å². The number of likely N-dealkylation sites (tertiary alicyclic amines) is 1. The maximum atomic E-state index is 12.0. The molecule has 0 radical (unpaired) electrons. The molecule has 1 fully saturated rings. The second-order valence-electron chi connectivity index (χ2n) is 4.61. The van der Waals surface area contributed by atoms with Crippen LogP contribution < -0.4 is 4.74 Å². The van der Waals surface area contributed by atoms with Crippen molar-refractivity contribution in [1.29, 1.82) is 0 Å². The summed E-state index contributed by atoms with van der Waals surface area (Å²) in [5, 5.41) is 0. The highest BCUT2D eigenvalue weighted by Gasteiger charge is 2.31. The molecule has 1 heterocycles. The molecule has 2 nitrogen and oxygen atoms in total. The molecule has 1 saturated heterocycles. The minimum Gasteiger partial charge on any atom is -0.406 e. The van der Waals surface area contributed by atoms with Gasteiger partial charge in [-0.25, -0.2) is 0 Å². The Kier molecular flexibility index (Phi) is 3.80. The van der Waals surface area contributed by atoms with Gasteiger partial charge in [-0.3, -0.25) is 4.90 Å². The zero-order chi connectivity index (χ0) is 13.2. The van der Waals surface area contributed by atoms with E-state index < -0.39 is 6.36 Å². The number of nitrogens with zero attached hydrogens (tertiary/aromatic N) is 1. The highest BCUT2D eigenvalue weighted by molar-refractivity contribution is 5.29. The first-order valence-corrected chi connectivity index (χ1v) is 6.02. The molecular formula is C13H16F3NO. The maximum absolute atomic E-state index is 12.0. The number of ether oxygens (including phenoxy) is 1. The summed E-state index contributed by atoms with van der Waals surface area (Å²) in [4.78, 5) is 2.24. The molecule has 1 aliphatic rings. The minimum atomic E-state index is -4.62. The number of halogens is 3. The molecule has 5 heteroatoms. The van der Waals surface area contributed by atoms with E-state index in [1.54, 1.807) is 12.1 Å². The number of rotatable bonds is 2. The average Bonchev–Trinajstić information content (AvgIpc) is 2.29. The van der Waals surface area contributed by atoms with Crippen LogP contribution in [0, 0.1) is 0 Å². The second kappa shape index (κ2) is 5.18. The second-order valence-corrected chi connectivity index (χ2v) is 4.61. The smallest absolute Gasteiger partial charge is 0.406 e. The van der Waals surface area contributed by atoms with Gasteiger partial charge in [0, 0.05) is 6.04 Å². The molecule has 0 bridgehead atoms. The van der Waals surface area contributed by atoms with Crippen molar-refractivity contribution in [3.8, 4) is 5.75 Å². The number of benzene rings is 1. The summed E-state index contributed by atoms with van der Waals surface area (Å²) in [6.07, 6.45) is -1.23. The predicted molar refractivity (Wildman–Crippen MR) is 62.3 cm³/mol. The van der Waals surface area contributed by atoms with Crippen LogP contribution in [0.2, 0.25) is 0 Å². The lowest BCUT2D eigenvalue weighted by Gasteiger charge is -2.32. The van der Waals surface area contributed by atoms with E-state index in [1.807, 2.05) is 7.05 Å². The normalized spacial score (nSPS) is 21.9. The molecule has 1 unspecified atom stereocenters. The molecular weight excluding hydrogens is 243 g/mol. The maximum Gasteiger partial charge on any atom is 0.573 e. The van der Waals surface area contributed by atoms with Crippen LogP contribution in [-0.2, 0) is 0 Å². The van der Waals surface area contributed by atoms with Gasteiger partial charge in [-0.15, -0.1) is 13.2 Å². The minimum absolute atomic E-state index is 0.162. The standard InChI is InChI=1S/C13H16F3NO/c1-17-9-3-2-4-12(17)10-5-7-11(8-6-10)18-13(14,15)16/h5-8,12H,2-4,9H2,1H3. The van der Waals surface area contributed by atoms with Gasteiger partial charge in [0.15, 0.2) is 0 Å². The molecule has 1 aliphatic heterocycles. The first-order chi connectivity index (χ1) is 8.46. The Hall–Kier alpha value is -1.23. The summed E-state index contributed by atoms with van der Waals surface area (Å²) >= 11 is 0. The number of hydrogen-bond acceptors (Lipinski definition) is 2. The van der Waals surface area contributed by atoms with Crippen molar-refractivity contribution in [1.82, 2.24) is 4.90 Å². The topological polar surface area (TPSA) is 12.5 Å². The molecule has 0 spiro atoms. The van der Waals surface area contributed by atoms with Crippen molar-refractivity contribution < 1.29 is 17.9 Å². The van der Waals surface area contributed by atoms with E-state index in [4.69, 9.17) is 0 Å². The SMILES string of the molecule is CN1CCCCC1c1ccc(OC(F)(F)F)cc1. The Morgan fingerprint density at radius 3 is 2.39 bits per heavy atom. The van der Waals surface area contributed by atoms with E-state index in [1.165, 1.54) is 18.6 Å². The van der Waals surface area contributed by atoms with Gasteiger partial charge in [-0.2, -0.15) is 0 Å². The third-order valence-electron chi connectivity index (χ3n) is 3.27. The summed E-state index contributed by atoms with van der Waals surface area (Å²) < 4.78 is 39.9. The molecule has 1 aromatic carbocycles. The van der Waals surface area contributed by atoms with Crippen molar-refractivity contribution in [2.75, 3.05) is 13.6 Å². The van der Waals surface area contributed by atoms with Crippen molar-refractivity contribution >= 4 is 0 Å². The Balaban J connectivity index is 2.07. The van der Waals surface area contributed by atoms with Crippen LogP contribution in [0.3, 0.4) is 0 Å². The summed E-state index contributed by atoms with van der Waals surface area (Å²) in [6.45, 7) is 1.03. The van der Waals surface area contributed by atoms with Crippen LogP contribution in [0.4, 0.5) is 13.2 Å². The zero-order valence-corrected chi connectivity index (χ0v) is 10.2. The Bertz CT molecular complexity index is 388. The van der Waals surface area contributed by atoms with Gasteiger partial charge in [0.05, 0.1) is 0 Å². The van der Waals surface area contributed by atoms with Crippen LogP contribution in [0.1, 0.15) is 30.9 Å². The molecule has 1 atom stereocenters. The molecule has 0 N–H and O–H groups in total. The summed E-state index contributed by atoms with van der Waals surface area (Å²) in [5.74, 6) is -0.162. The van der Waals surface area contributed by atoms with Crippen LogP contribution >= 0.6 is 0 Å². The third-order valence-corrected chi connectivity index (χ3v) is 3.27. The van der Waals surface area contributed by atoms with E-state index >= 15 is 0 Å². The van der Waals surface area contributed by atoms with Gasteiger partial charge in [0.1, 0.15) is 5.75 Å². The molecule has 1 aromatic rings. The van der Waals surface area contributed by atoms with Crippen molar-refractivity contribution in [3.05, 3.63) is 29.8 Å². The van der Waals surface area contributed by atoms with E-state index in [9.17, 15) is 13.2 Å². The van der Waals surface area contributed by atoms with Crippen molar-refractivity contribution in [2.45, 2.75) is 31.7 Å². The van der Waals surface area contributed by atoms with Gasteiger partial charge in [0.25, 0.3) is 0 Å². The highest BCUT2D eigenvalue weighted by atomic mass is 19.4. The van der Waals surface area contributed by atoms with Crippen LogP contribution in [-0.4, -0.2) is 24.9 Å². The molecule has 0 aromatic heterocycles. The highest BCUT2D eigenvalue weighted by Crippen LogP contribution is 2.31. The fourth-order valence-electron chi connectivity index (χ4n) is 2.39. The molecule has 0 aliphatic carbocycles. The Morgan fingerprint density at radius 1 is 1.17 bits per heavy atom. The Morgan fingerprint density at radius 2 is 1.83 bits per heavy atom. The number of alkyl halides is 3. The van der Waals surface area contributed by atoms with Gasteiger partial charge in [-0.1, -0.05) is 18.6 Å². The van der Waals surface area contributed by atoms with Crippen LogP contribution in [0.5, 0.6) is 5.75 Å². The van der Waals surface area contributed by atoms with E-state index in [-0.39, 0.29) is 5.75 Å². The van der Waals surface area contributed by atoms with Gasteiger partial charge < -0.3 is 4.74 Å². The van der Waals surface area contributed by atoms with Gasteiger partial charge in [0.2, 0.25) is 0 Å². The van der Waals surface area contributed by atoms with Crippen molar-refractivity contribution in [3.63, 3.8) is 0 Å². The molecule has 100 valence electrons. The molecule has 0 saturated carbocycles. The lowest BCUT2D eigenvalue weighted by Crippen LogP contribution is -2.29. The fraction of sp³-hybridized carbons (Fsp3) is 0.538. The summed E-state index contributed by atoms with van der Waals surface area (Å²) in [5.41, 5.74) is 1.05. The van der Waals surface area contributed by atoms with Crippen LogP contribution in [0.15, 0.2) is 24.3 Å². The fourth-order valence-corrected chi connectivity index (χ4v) is 2.39. The van der Waals surface area contributed by atoms with E-state index in [0.29, 0.717) is 6.04 Å². The van der Waals surface area contributed by atoms with Crippen LogP contribution in [0.25, 0.3) is 0 Å². The first-order valence-electron chi connectivity index (χ1n) is 6.02. The average molecular weight is 259 g/mol. The van der Waals surface area contributed by atoms with Gasteiger partial charge >= 0.3 is 6.36 Å². The number of hydrogen-bond donors (Lipinski definition) is 0. The van der Waals surface area contributed by atoms with Gasteiger partial charge in [-0.05, 0) is 44.1 Å². The monoisotopic (exact) mass is 259 g/mol. The third kappa shape index (κ3) is 3.38. The molecule has 2 rings (SSSR count). The first kappa shape index (κ1) is 13.2. The molecule has 18 heavy (non-hydrogen) atoms. The summed E-state index contributed by atoms with van der Waals surface area (Å²) in [6, 6.07) is 6.50. The summed E-state index contributed by atoms with van der Waals surface area (Å²) in [7, 11) is 2.05. The lowest BCUT2D eigenvalue weighted by atomic mass is 9.96. The zero-order valence-electron chi connectivity index (χ0n) is 10.2. The predicted octanol–water partition coefficient (Wildman–Crippen LogP) is 3.74. The number of piperidine rings is 1. The van der Waals surface area contributed by atoms with E-state index in [0.717, 1.165) is 24.9 Å². The lowest BCUT2D eigenvalue weighted by molar-refractivity contribution is -0.274. The van der Waals surface area contributed by atoms with E-state index in [2.05, 4.69) is 9.64 Å². The Labute approximate surface area is 104 Å². The molecule has 0 amide bonds. The largest absolute Gasteiger partial charge is 0.573 e. The quantitative estimate of drug-likeness (QED) is 0.802.